The summed E-state index contributed by atoms with van der Waals surface area (Å²) in [5.41, 5.74) is 1.19. The Kier molecular flexibility index (Phi) is 9.22. The summed E-state index contributed by atoms with van der Waals surface area (Å²) < 4.78 is 25.9. The Balaban J connectivity index is 1.34. The Morgan fingerprint density at radius 3 is 2.00 bits per heavy atom. The average molecular weight is 597 g/mol. The molecule has 1 saturated heterocycles. The Morgan fingerprint density at radius 1 is 0.837 bits per heavy atom. The molecule has 0 aliphatic carbocycles. The second-order valence-corrected chi connectivity index (χ2v) is 12.7. The summed E-state index contributed by atoms with van der Waals surface area (Å²) in [6, 6.07) is 9.12. The van der Waals surface area contributed by atoms with Crippen LogP contribution in [0.15, 0.2) is 42.5 Å². The number of hydrogen-bond donors (Lipinski definition) is 2. The number of benzene rings is 2. The molecule has 0 saturated carbocycles. The normalized spacial score (nSPS) is 16.0. The molecule has 11 heteroatoms. The van der Waals surface area contributed by atoms with Gasteiger partial charge >= 0.3 is 12.2 Å². The number of aromatic hydroxyl groups is 1. The van der Waals surface area contributed by atoms with E-state index in [1.807, 2.05) is 52.5 Å². The third kappa shape index (κ3) is 8.39. The second-order valence-electron chi connectivity index (χ2n) is 12.7. The van der Waals surface area contributed by atoms with E-state index in [-0.39, 0.29) is 23.5 Å². The highest BCUT2D eigenvalue weighted by molar-refractivity contribution is 6.04. The molecule has 1 fully saturated rings. The zero-order valence-corrected chi connectivity index (χ0v) is 25.7. The molecule has 0 spiro atoms. The summed E-state index contributed by atoms with van der Waals surface area (Å²) in [7, 11) is 0. The predicted octanol–water partition coefficient (Wildman–Crippen LogP) is 5.86. The molecular weight excluding hydrogens is 555 g/mol. The molecular formula is C32H41FN4O6. The highest BCUT2D eigenvalue weighted by Crippen LogP contribution is 2.32. The van der Waals surface area contributed by atoms with Gasteiger partial charge in [0.05, 0.1) is 5.69 Å². The van der Waals surface area contributed by atoms with E-state index in [1.54, 1.807) is 34.1 Å². The molecule has 0 bridgehead atoms. The molecule has 2 aromatic carbocycles. The van der Waals surface area contributed by atoms with Crippen molar-refractivity contribution < 1.29 is 33.4 Å². The highest BCUT2D eigenvalue weighted by atomic mass is 19.1. The van der Waals surface area contributed by atoms with Gasteiger partial charge in [0.2, 0.25) is 0 Å². The summed E-state index contributed by atoms with van der Waals surface area (Å²) in [4.78, 5) is 42.6. The second kappa shape index (κ2) is 12.5. The van der Waals surface area contributed by atoms with E-state index in [0.717, 1.165) is 5.57 Å². The van der Waals surface area contributed by atoms with Gasteiger partial charge in [0, 0.05) is 62.1 Å². The van der Waals surface area contributed by atoms with E-state index in [1.165, 1.54) is 12.1 Å². The lowest BCUT2D eigenvalue weighted by Gasteiger charge is -2.36. The van der Waals surface area contributed by atoms with Crippen LogP contribution < -0.4 is 10.2 Å². The first-order valence-corrected chi connectivity index (χ1v) is 14.4. The molecule has 232 valence electrons. The van der Waals surface area contributed by atoms with Crippen LogP contribution in [0.2, 0.25) is 0 Å². The smallest absolute Gasteiger partial charge is 0.410 e. The van der Waals surface area contributed by atoms with Crippen molar-refractivity contribution in [2.75, 3.05) is 49.5 Å². The maximum atomic E-state index is 15.1. The molecule has 2 aromatic rings. The summed E-state index contributed by atoms with van der Waals surface area (Å²) in [6.45, 7) is 13.4. The predicted molar refractivity (Wildman–Crippen MR) is 163 cm³/mol. The number of phenolic OH excluding ortho intramolecular Hbond substituents is 1. The largest absolute Gasteiger partial charge is 0.507 e. The minimum Gasteiger partial charge on any atom is -0.507 e. The minimum absolute atomic E-state index is 0.0122. The van der Waals surface area contributed by atoms with Crippen molar-refractivity contribution in [3.63, 3.8) is 0 Å². The molecule has 0 atom stereocenters. The topological polar surface area (TPSA) is 112 Å². The molecule has 4 rings (SSSR count). The van der Waals surface area contributed by atoms with Crippen LogP contribution in [0.1, 0.15) is 63.9 Å². The number of nitrogens with zero attached hydrogens (tertiary/aromatic N) is 3. The summed E-state index contributed by atoms with van der Waals surface area (Å²) >= 11 is 0. The van der Waals surface area contributed by atoms with Gasteiger partial charge in [-0.2, -0.15) is 0 Å². The summed E-state index contributed by atoms with van der Waals surface area (Å²) in [5.74, 6) is -1.07. The van der Waals surface area contributed by atoms with Crippen molar-refractivity contribution in [1.29, 1.82) is 0 Å². The van der Waals surface area contributed by atoms with Gasteiger partial charge in [-0.15, -0.1) is 0 Å². The number of hydrogen-bond acceptors (Lipinski definition) is 7. The van der Waals surface area contributed by atoms with Gasteiger partial charge in [0.15, 0.2) is 0 Å². The van der Waals surface area contributed by atoms with Crippen LogP contribution in [0.3, 0.4) is 0 Å². The fraction of sp³-hybridized carbons (Fsp3) is 0.469. The molecule has 2 aliphatic rings. The number of amides is 3. The van der Waals surface area contributed by atoms with E-state index in [2.05, 4.69) is 5.32 Å². The number of carbonyl (C=O) groups is 3. The molecule has 2 N–H and O–H groups in total. The summed E-state index contributed by atoms with van der Waals surface area (Å²) in [6.07, 6.45) is 1.65. The lowest BCUT2D eigenvalue weighted by Crippen LogP contribution is -2.50. The van der Waals surface area contributed by atoms with Gasteiger partial charge in [-0.3, -0.25) is 4.79 Å². The zero-order chi connectivity index (χ0) is 31.5. The zero-order valence-electron chi connectivity index (χ0n) is 25.7. The van der Waals surface area contributed by atoms with E-state index in [4.69, 9.17) is 9.47 Å². The first-order chi connectivity index (χ1) is 20.1. The van der Waals surface area contributed by atoms with Crippen molar-refractivity contribution >= 4 is 35.0 Å². The molecule has 3 amide bonds. The number of piperazine rings is 1. The Bertz CT molecular complexity index is 1400. The quantitative estimate of drug-likeness (QED) is 0.455. The molecule has 2 heterocycles. The number of carbonyl (C=O) groups excluding carboxylic acids is 3. The standard InChI is InChI=1S/C32H41FN4O6/c1-31(2,3)42-29(40)36-13-11-21(12-14-36)24-9-8-23(20-27(24)38)34-28(39)22-7-10-26(25(33)19-22)35-15-17-37(18-16-35)30(41)43-32(4,5)6/h7-11,19-20,38H,12-18H2,1-6H3,(H,34,39). The van der Waals surface area contributed by atoms with E-state index in [9.17, 15) is 19.5 Å². The fourth-order valence-electron chi connectivity index (χ4n) is 4.85. The third-order valence-electron chi connectivity index (χ3n) is 6.94. The van der Waals surface area contributed by atoms with Gasteiger partial charge < -0.3 is 34.6 Å². The van der Waals surface area contributed by atoms with Crippen molar-refractivity contribution in [2.24, 2.45) is 0 Å². The van der Waals surface area contributed by atoms with Gasteiger partial charge in [-0.25, -0.2) is 14.0 Å². The maximum absolute atomic E-state index is 15.1. The third-order valence-corrected chi connectivity index (χ3v) is 6.94. The van der Waals surface area contributed by atoms with Crippen molar-refractivity contribution in [3.8, 4) is 5.75 Å². The minimum atomic E-state index is -0.586. The number of rotatable bonds is 4. The monoisotopic (exact) mass is 596 g/mol. The molecule has 10 nitrogen and oxygen atoms in total. The average Bonchev–Trinajstić information content (AvgIpc) is 2.91. The van der Waals surface area contributed by atoms with Crippen molar-refractivity contribution in [1.82, 2.24) is 9.80 Å². The van der Waals surface area contributed by atoms with Crippen LogP contribution >= 0.6 is 0 Å². The molecule has 0 radical (unpaired) electrons. The Labute approximate surface area is 252 Å². The molecule has 43 heavy (non-hydrogen) atoms. The summed E-state index contributed by atoms with van der Waals surface area (Å²) in [5, 5.41) is 13.4. The Morgan fingerprint density at radius 2 is 1.47 bits per heavy atom. The van der Waals surface area contributed by atoms with Gasteiger partial charge in [0.25, 0.3) is 5.91 Å². The highest BCUT2D eigenvalue weighted by Gasteiger charge is 2.28. The fourth-order valence-corrected chi connectivity index (χ4v) is 4.85. The first kappa shape index (κ1) is 31.7. The van der Waals surface area contributed by atoms with Gasteiger partial charge in [-0.1, -0.05) is 6.08 Å². The number of halogens is 1. The van der Waals surface area contributed by atoms with Crippen LogP contribution in [0.4, 0.5) is 25.4 Å². The van der Waals surface area contributed by atoms with Crippen molar-refractivity contribution in [3.05, 3.63) is 59.4 Å². The van der Waals surface area contributed by atoms with Crippen LogP contribution in [-0.2, 0) is 9.47 Å². The van der Waals surface area contributed by atoms with Crippen LogP contribution in [0, 0.1) is 5.82 Å². The lowest BCUT2D eigenvalue weighted by atomic mass is 9.98. The van der Waals surface area contributed by atoms with Crippen LogP contribution in [0.5, 0.6) is 5.75 Å². The van der Waals surface area contributed by atoms with Gasteiger partial charge in [0.1, 0.15) is 22.8 Å². The van der Waals surface area contributed by atoms with Crippen LogP contribution in [-0.4, -0.2) is 83.5 Å². The SMILES string of the molecule is CC(C)(C)OC(=O)N1CC=C(c2ccc(NC(=O)c3ccc(N4CCN(C(=O)OC(C)(C)C)CC4)c(F)c3)cc2O)CC1. The van der Waals surface area contributed by atoms with Crippen molar-refractivity contribution in [2.45, 2.75) is 59.2 Å². The van der Waals surface area contributed by atoms with Gasteiger partial charge in [-0.05, 0) is 83.9 Å². The lowest BCUT2D eigenvalue weighted by molar-refractivity contribution is 0.0237. The number of phenols is 1. The first-order valence-electron chi connectivity index (χ1n) is 14.4. The number of nitrogens with one attached hydrogen (secondary N) is 1. The maximum Gasteiger partial charge on any atom is 0.410 e. The molecule has 0 aromatic heterocycles. The molecule has 2 aliphatic heterocycles. The van der Waals surface area contributed by atoms with E-state index >= 15 is 4.39 Å². The van der Waals surface area contributed by atoms with E-state index < -0.39 is 22.9 Å². The van der Waals surface area contributed by atoms with Crippen LogP contribution in [0.25, 0.3) is 5.57 Å². The molecule has 0 unspecified atom stereocenters. The Hall–Kier alpha value is -4.28. The van der Waals surface area contributed by atoms with E-state index in [0.29, 0.717) is 62.6 Å². The number of anilines is 2. The number of ether oxygens (including phenoxy) is 2.